The highest BCUT2D eigenvalue weighted by molar-refractivity contribution is 6.30. The molecule has 0 aliphatic carbocycles. The van der Waals surface area contributed by atoms with Crippen molar-refractivity contribution in [3.05, 3.63) is 28.8 Å². The quantitative estimate of drug-likeness (QED) is 0.921. The molecule has 1 aromatic carbocycles. The summed E-state index contributed by atoms with van der Waals surface area (Å²) < 4.78 is 5.55. The average molecular weight is 281 g/mol. The van der Waals surface area contributed by atoms with Crippen molar-refractivity contribution in [2.45, 2.75) is 18.9 Å². The van der Waals surface area contributed by atoms with Crippen LogP contribution in [0.25, 0.3) is 0 Å². The lowest BCUT2D eigenvalue weighted by atomic mass is 10.1. The molecule has 1 fully saturated rings. The maximum absolute atomic E-state index is 12.0. The van der Waals surface area contributed by atoms with E-state index in [9.17, 15) is 4.79 Å². The molecule has 2 aliphatic rings. The summed E-state index contributed by atoms with van der Waals surface area (Å²) >= 11 is 5.99. The lowest BCUT2D eigenvalue weighted by Crippen LogP contribution is -2.38. The van der Waals surface area contributed by atoms with Crippen LogP contribution in [0.3, 0.4) is 0 Å². The Labute approximate surface area is 117 Å². The zero-order valence-electron chi connectivity index (χ0n) is 10.7. The van der Waals surface area contributed by atoms with E-state index < -0.39 is 0 Å². The summed E-state index contributed by atoms with van der Waals surface area (Å²) in [5, 5.41) is 3.69. The number of ether oxygens (including phenoxy) is 1. The Kier molecular flexibility index (Phi) is 3.62. The number of hydrogen-bond donors (Lipinski definition) is 1. The topological polar surface area (TPSA) is 41.6 Å². The zero-order valence-corrected chi connectivity index (χ0v) is 11.4. The number of hydrogen-bond acceptors (Lipinski definition) is 3. The first-order valence-corrected chi connectivity index (χ1v) is 7.04. The number of likely N-dealkylation sites (tertiary alicyclic amines) is 1. The Morgan fingerprint density at radius 3 is 3.00 bits per heavy atom. The monoisotopic (exact) mass is 280 g/mol. The van der Waals surface area contributed by atoms with Crippen molar-refractivity contribution in [3.8, 4) is 5.75 Å². The van der Waals surface area contributed by atoms with Crippen molar-refractivity contribution in [1.29, 1.82) is 0 Å². The summed E-state index contributed by atoms with van der Waals surface area (Å²) in [7, 11) is 0. The van der Waals surface area contributed by atoms with Crippen LogP contribution in [0, 0.1) is 0 Å². The van der Waals surface area contributed by atoms with E-state index in [-0.39, 0.29) is 11.9 Å². The van der Waals surface area contributed by atoms with Gasteiger partial charge in [0.05, 0.1) is 12.6 Å². The Morgan fingerprint density at radius 2 is 2.21 bits per heavy atom. The minimum atomic E-state index is -0.0798. The van der Waals surface area contributed by atoms with Crippen LogP contribution >= 0.6 is 11.6 Å². The fraction of sp³-hybridized carbons (Fsp3) is 0.500. The lowest BCUT2D eigenvalue weighted by molar-refractivity contribution is -0.122. The standard InChI is InChI=1S/C14H17ClN2O2/c15-10-3-4-13-11(7-10)12(9-19-13)16-14(18)8-17-5-1-2-6-17/h3-4,7,12H,1-2,5-6,8-9H2,(H,16,18). The third-order valence-corrected chi connectivity index (χ3v) is 3.89. The van der Waals surface area contributed by atoms with Crippen molar-refractivity contribution < 1.29 is 9.53 Å². The molecule has 19 heavy (non-hydrogen) atoms. The van der Waals surface area contributed by atoms with Crippen LogP contribution < -0.4 is 10.1 Å². The molecular weight excluding hydrogens is 264 g/mol. The predicted molar refractivity (Wildman–Crippen MR) is 73.5 cm³/mol. The first-order chi connectivity index (χ1) is 9.22. The summed E-state index contributed by atoms with van der Waals surface area (Å²) in [5.41, 5.74) is 0.974. The van der Waals surface area contributed by atoms with Gasteiger partial charge in [-0.15, -0.1) is 0 Å². The smallest absolute Gasteiger partial charge is 0.234 e. The number of nitrogens with zero attached hydrogens (tertiary/aromatic N) is 1. The molecule has 1 N–H and O–H groups in total. The van der Waals surface area contributed by atoms with Gasteiger partial charge in [-0.25, -0.2) is 0 Å². The predicted octanol–water partition coefficient (Wildman–Crippen LogP) is 1.99. The molecule has 1 saturated heterocycles. The van der Waals surface area contributed by atoms with Gasteiger partial charge in [0, 0.05) is 10.6 Å². The van der Waals surface area contributed by atoms with Gasteiger partial charge in [0.1, 0.15) is 12.4 Å². The molecule has 1 aromatic rings. The van der Waals surface area contributed by atoms with Gasteiger partial charge in [0.15, 0.2) is 0 Å². The molecule has 0 saturated carbocycles. The Bertz CT molecular complexity index is 486. The van der Waals surface area contributed by atoms with Gasteiger partial charge in [0.2, 0.25) is 5.91 Å². The molecule has 2 heterocycles. The second kappa shape index (κ2) is 5.39. The van der Waals surface area contributed by atoms with Crippen molar-refractivity contribution in [3.63, 3.8) is 0 Å². The van der Waals surface area contributed by atoms with Crippen LogP contribution in [-0.4, -0.2) is 37.0 Å². The second-order valence-electron chi connectivity index (χ2n) is 5.10. The van der Waals surface area contributed by atoms with Gasteiger partial charge in [-0.3, -0.25) is 9.69 Å². The fourth-order valence-electron chi connectivity index (χ4n) is 2.69. The molecule has 3 rings (SSSR count). The van der Waals surface area contributed by atoms with Gasteiger partial charge >= 0.3 is 0 Å². The molecule has 102 valence electrons. The molecule has 0 radical (unpaired) electrons. The normalized spacial score (nSPS) is 22.1. The van der Waals surface area contributed by atoms with E-state index in [1.165, 1.54) is 12.8 Å². The van der Waals surface area contributed by atoms with Crippen LogP contribution in [0.2, 0.25) is 5.02 Å². The fourth-order valence-corrected chi connectivity index (χ4v) is 2.87. The van der Waals surface area contributed by atoms with Crippen LogP contribution in [0.15, 0.2) is 18.2 Å². The summed E-state index contributed by atoms with van der Waals surface area (Å²) in [6.45, 7) is 3.02. The van der Waals surface area contributed by atoms with Gasteiger partial charge < -0.3 is 10.1 Å². The van der Waals surface area contributed by atoms with Crippen LogP contribution in [-0.2, 0) is 4.79 Å². The van der Waals surface area contributed by atoms with E-state index in [2.05, 4.69) is 10.2 Å². The number of nitrogens with one attached hydrogen (secondary N) is 1. The lowest BCUT2D eigenvalue weighted by Gasteiger charge is -2.17. The molecule has 0 bridgehead atoms. The average Bonchev–Trinajstić information content (AvgIpc) is 3.00. The number of carbonyl (C=O) groups is 1. The number of carbonyl (C=O) groups excluding carboxylic acids is 1. The number of rotatable bonds is 3. The largest absolute Gasteiger partial charge is 0.491 e. The summed E-state index contributed by atoms with van der Waals surface area (Å²) in [6.07, 6.45) is 2.39. The Morgan fingerprint density at radius 1 is 1.42 bits per heavy atom. The van der Waals surface area contributed by atoms with Gasteiger partial charge in [-0.05, 0) is 44.1 Å². The highest BCUT2D eigenvalue weighted by Crippen LogP contribution is 2.34. The molecule has 2 aliphatic heterocycles. The molecule has 4 nitrogen and oxygen atoms in total. The highest BCUT2D eigenvalue weighted by atomic mass is 35.5. The minimum absolute atomic E-state index is 0.0586. The van der Waals surface area contributed by atoms with Gasteiger partial charge in [-0.1, -0.05) is 11.6 Å². The van der Waals surface area contributed by atoms with E-state index in [0.717, 1.165) is 24.4 Å². The number of amides is 1. The van der Waals surface area contributed by atoms with Crippen LogP contribution in [0.4, 0.5) is 0 Å². The molecule has 5 heteroatoms. The first kappa shape index (κ1) is 12.8. The SMILES string of the molecule is O=C(CN1CCCC1)NC1COc2ccc(Cl)cc21. The highest BCUT2D eigenvalue weighted by Gasteiger charge is 2.26. The molecule has 0 aromatic heterocycles. The van der Waals surface area contributed by atoms with Crippen LogP contribution in [0.5, 0.6) is 5.75 Å². The molecule has 1 atom stereocenters. The first-order valence-electron chi connectivity index (χ1n) is 6.66. The van der Waals surface area contributed by atoms with E-state index >= 15 is 0 Å². The maximum atomic E-state index is 12.0. The number of benzene rings is 1. The Hall–Kier alpha value is -1.26. The van der Waals surface area contributed by atoms with E-state index in [1.54, 1.807) is 6.07 Å². The molecule has 1 amide bonds. The van der Waals surface area contributed by atoms with Crippen molar-refractivity contribution >= 4 is 17.5 Å². The van der Waals surface area contributed by atoms with E-state index in [4.69, 9.17) is 16.3 Å². The minimum Gasteiger partial charge on any atom is -0.491 e. The van der Waals surface area contributed by atoms with Gasteiger partial charge in [-0.2, -0.15) is 0 Å². The molecule has 1 unspecified atom stereocenters. The van der Waals surface area contributed by atoms with Crippen molar-refractivity contribution in [2.75, 3.05) is 26.2 Å². The number of halogens is 1. The summed E-state index contributed by atoms with van der Waals surface area (Å²) in [6, 6.07) is 5.44. The van der Waals surface area contributed by atoms with E-state index in [1.807, 2.05) is 12.1 Å². The van der Waals surface area contributed by atoms with Crippen molar-refractivity contribution in [1.82, 2.24) is 10.2 Å². The van der Waals surface area contributed by atoms with Crippen molar-refractivity contribution in [2.24, 2.45) is 0 Å². The molecule has 0 spiro atoms. The maximum Gasteiger partial charge on any atom is 0.234 e. The summed E-state index contributed by atoms with van der Waals surface area (Å²) in [4.78, 5) is 14.2. The second-order valence-corrected chi connectivity index (χ2v) is 5.53. The van der Waals surface area contributed by atoms with E-state index in [0.29, 0.717) is 18.2 Å². The van der Waals surface area contributed by atoms with Gasteiger partial charge in [0.25, 0.3) is 0 Å². The summed E-state index contributed by atoms with van der Waals surface area (Å²) in [5.74, 6) is 0.874. The van der Waals surface area contributed by atoms with Crippen LogP contribution in [0.1, 0.15) is 24.4 Å². The number of fused-ring (bicyclic) bond motifs is 1. The Balaban J connectivity index is 1.62. The third kappa shape index (κ3) is 2.85. The molecular formula is C14H17ClN2O2. The zero-order chi connectivity index (χ0) is 13.2. The third-order valence-electron chi connectivity index (χ3n) is 3.65.